The van der Waals surface area contributed by atoms with Gasteiger partial charge in [0.1, 0.15) is 17.4 Å². The van der Waals surface area contributed by atoms with Gasteiger partial charge in [0.2, 0.25) is 0 Å². The van der Waals surface area contributed by atoms with Crippen LogP contribution in [0.2, 0.25) is 0 Å². The molecule has 0 saturated heterocycles. The highest BCUT2D eigenvalue weighted by Crippen LogP contribution is 2.29. The van der Waals surface area contributed by atoms with Gasteiger partial charge in [-0.1, -0.05) is 24.3 Å². The first kappa shape index (κ1) is 11.0. The van der Waals surface area contributed by atoms with Gasteiger partial charge in [0, 0.05) is 23.3 Å². The molecule has 2 aromatic heterocycles. The maximum absolute atomic E-state index is 10.3. The van der Waals surface area contributed by atoms with Crippen LogP contribution in [0.15, 0.2) is 53.2 Å². The van der Waals surface area contributed by atoms with E-state index in [-0.39, 0.29) is 0 Å². The Morgan fingerprint density at radius 2 is 2.11 bits per heavy atom. The van der Waals surface area contributed by atoms with Crippen molar-refractivity contribution in [1.29, 1.82) is 0 Å². The van der Waals surface area contributed by atoms with Gasteiger partial charge in [0.15, 0.2) is 0 Å². The molecule has 90 valence electrons. The Balaban J connectivity index is 2.07. The molecule has 0 amide bonds. The molecule has 1 atom stereocenters. The third-order valence-corrected chi connectivity index (χ3v) is 3.03. The maximum Gasteiger partial charge on any atom is 0.138 e. The Morgan fingerprint density at radius 1 is 1.22 bits per heavy atom. The van der Waals surface area contributed by atoms with Gasteiger partial charge >= 0.3 is 0 Å². The number of fused-ring (bicyclic) bond motifs is 1. The number of nitrogens with zero attached hydrogens (tertiary/aromatic N) is 1. The van der Waals surface area contributed by atoms with E-state index < -0.39 is 6.10 Å². The summed E-state index contributed by atoms with van der Waals surface area (Å²) >= 11 is 0. The van der Waals surface area contributed by atoms with Gasteiger partial charge in [-0.3, -0.25) is 4.98 Å². The van der Waals surface area contributed by atoms with E-state index in [0.29, 0.717) is 5.76 Å². The summed E-state index contributed by atoms with van der Waals surface area (Å²) in [5, 5.41) is 11.3. The second-order valence-corrected chi connectivity index (χ2v) is 4.33. The minimum atomic E-state index is -0.773. The maximum atomic E-state index is 10.3. The van der Waals surface area contributed by atoms with Crippen molar-refractivity contribution in [2.24, 2.45) is 0 Å². The van der Waals surface area contributed by atoms with Crippen molar-refractivity contribution in [2.45, 2.75) is 13.0 Å². The number of aryl methyl sites for hydroxylation is 1. The molecule has 3 aromatic rings. The number of furan rings is 1. The van der Waals surface area contributed by atoms with E-state index in [9.17, 15) is 5.11 Å². The third kappa shape index (κ3) is 1.79. The van der Waals surface area contributed by atoms with Crippen LogP contribution in [0.1, 0.15) is 23.0 Å². The fourth-order valence-electron chi connectivity index (χ4n) is 2.07. The number of aliphatic hydroxyl groups excluding tert-OH is 1. The molecule has 1 N–H and O–H groups in total. The molecule has 3 heteroatoms. The van der Waals surface area contributed by atoms with Crippen LogP contribution in [0.3, 0.4) is 0 Å². The average molecular weight is 239 g/mol. The van der Waals surface area contributed by atoms with E-state index in [0.717, 1.165) is 22.1 Å². The van der Waals surface area contributed by atoms with Crippen LogP contribution in [-0.2, 0) is 0 Å². The SMILES string of the molecule is Cc1cccc2cc(C(O)c3cccnc3)oc12. The fourth-order valence-corrected chi connectivity index (χ4v) is 2.07. The lowest BCUT2D eigenvalue weighted by atomic mass is 10.1. The van der Waals surface area contributed by atoms with Crippen molar-refractivity contribution < 1.29 is 9.52 Å². The number of aliphatic hydroxyl groups is 1. The Morgan fingerprint density at radius 3 is 2.83 bits per heavy atom. The van der Waals surface area contributed by atoms with Gasteiger partial charge in [0.05, 0.1) is 0 Å². The predicted octanol–water partition coefficient (Wildman–Crippen LogP) is 3.22. The zero-order valence-corrected chi connectivity index (χ0v) is 10.00. The summed E-state index contributed by atoms with van der Waals surface area (Å²) in [6, 6.07) is 11.5. The number of pyridine rings is 1. The van der Waals surface area contributed by atoms with Crippen LogP contribution in [0.5, 0.6) is 0 Å². The second kappa shape index (κ2) is 4.27. The first-order chi connectivity index (χ1) is 8.75. The molecule has 0 aliphatic carbocycles. The highest BCUT2D eigenvalue weighted by Gasteiger charge is 2.16. The number of hydrogen-bond acceptors (Lipinski definition) is 3. The minimum Gasteiger partial charge on any atom is -0.458 e. The van der Waals surface area contributed by atoms with E-state index in [1.54, 1.807) is 18.5 Å². The molecule has 0 radical (unpaired) electrons. The third-order valence-electron chi connectivity index (χ3n) is 3.03. The van der Waals surface area contributed by atoms with Crippen molar-refractivity contribution >= 4 is 11.0 Å². The quantitative estimate of drug-likeness (QED) is 0.746. The molecule has 1 unspecified atom stereocenters. The van der Waals surface area contributed by atoms with Crippen molar-refractivity contribution in [3.63, 3.8) is 0 Å². The largest absolute Gasteiger partial charge is 0.458 e. The predicted molar refractivity (Wildman–Crippen MR) is 69.2 cm³/mol. The van der Waals surface area contributed by atoms with Crippen molar-refractivity contribution in [3.8, 4) is 0 Å². The van der Waals surface area contributed by atoms with Gasteiger partial charge in [0.25, 0.3) is 0 Å². The summed E-state index contributed by atoms with van der Waals surface area (Å²) < 4.78 is 5.74. The Labute approximate surface area is 105 Å². The van der Waals surface area contributed by atoms with E-state index in [2.05, 4.69) is 4.98 Å². The van der Waals surface area contributed by atoms with E-state index >= 15 is 0 Å². The smallest absolute Gasteiger partial charge is 0.138 e. The van der Waals surface area contributed by atoms with Crippen LogP contribution in [0, 0.1) is 6.92 Å². The van der Waals surface area contributed by atoms with Gasteiger partial charge in [-0.15, -0.1) is 0 Å². The molecular formula is C15H13NO2. The molecule has 0 fully saturated rings. The van der Waals surface area contributed by atoms with Crippen LogP contribution in [0.25, 0.3) is 11.0 Å². The lowest BCUT2D eigenvalue weighted by Crippen LogP contribution is -1.97. The number of para-hydroxylation sites is 1. The normalized spacial score (nSPS) is 12.8. The van der Waals surface area contributed by atoms with Gasteiger partial charge in [-0.2, -0.15) is 0 Å². The zero-order chi connectivity index (χ0) is 12.5. The molecule has 18 heavy (non-hydrogen) atoms. The van der Waals surface area contributed by atoms with Gasteiger partial charge < -0.3 is 9.52 Å². The van der Waals surface area contributed by atoms with Crippen LogP contribution < -0.4 is 0 Å². The molecule has 0 spiro atoms. The molecule has 2 heterocycles. The summed E-state index contributed by atoms with van der Waals surface area (Å²) in [5.74, 6) is 0.548. The summed E-state index contributed by atoms with van der Waals surface area (Å²) in [4.78, 5) is 4.00. The number of aromatic nitrogens is 1. The van der Waals surface area contributed by atoms with Gasteiger partial charge in [-0.05, 0) is 24.6 Å². The highest BCUT2D eigenvalue weighted by molar-refractivity contribution is 5.81. The van der Waals surface area contributed by atoms with Crippen molar-refractivity contribution in [3.05, 3.63) is 65.7 Å². The lowest BCUT2D eigenvalue weighted by Gasteiger charge is -2.06. The molecule has 3 nitrogen and oxygen atoms in total. The number of hydrogen-bond donors (Lipinski definition) is 1. The summed E-state index contributed by atoms with van der Waals surface area (Å²) in [6.45, 7) is 1.99. The molecule has 0 aliphatic heterocycles. The second-order valence-electron chi connectivity index (χ2n) is 4.33. The Hall–Kier alpha value is -2.13. The topological polar surface area (TPSA) is 46.3 Å². The van der Waals surface area contributed by atoms with Crippen LogP contribution >= 0.6 is 0 Å². The van der Waals surface area contributed by atoms with Crippen molar-refractivity contribution in [2.75, 3.05) is 0 Å². The first-order valence-corrected chi connectivity index (χ1v) is 5.83. The van der Waals surface area contributed by atoms with E-state index in [1.807, 2.05) is 37.3 Å². The molecular weight excluding hydrogens is 226 g/mol. The zero-order valence-electron chi connectivity index (χ0n) is 10.00. The average Bonchev–Trinajstić information content (AvgIpc) is 2.84. The van der Waals surface area contributed by atoms with E-state index in [4.69, 9.17) is 4.42 Å². The fraction of sp³-hybridized carbons (Fsp3) is 0.133. The van der Waals surface area contributed by atoms with Crippen LogP contribution in [0.4, 0.5) is 0 Å². The molecule has 0 saturated carbocycles. The standard InChI is InChI=1S/C15H13NO2/c1-10-4-2-5-11-8-13(18-15(10)11)14(17)12-6-3-7-16-9-12/h2-9,14,17H,1H3. The lowest BCUT2D eigenvalue weighted by molar-refractivity contribution is 0.192. The highest BCUT2D eigenvalue weighted by atomic mass is 16.4. The Bertz CT molecular complexity index is 673. The number of benzene rings is 1. The molecule has 0 aliphatic rings. The molecule has 3 rings (SSSR count). The van der Waals surface area contributed by atoms with E-state index in [1.165, 1.54) is 0 Å². The monoisotopic (exact) mass is 239 g/mol. The van der Waals surface area contributed by atoms with Crippen molar-refractivity contribution in [1.82, 2.24) is 4.98 Å². The van der Waals surface area contributed by atoms with Gasteiger partial charge in [-0.25, -0.2) is 0 Å². The minimum absolute atomic E-state index is 0.548. The molecule has 1 aromatic carbocycles. The van der Waals surface area contributed by atoms with Crippen LogP contribution in [-0.4, -0.2) is 10.1 Å². The molecule has 0 bridgehead atoms. The number of rotatable bonds is 2. The summed E-state index contributed by atoms with van der Waals surface area (Å²) in [7, 11) is 0. The first-order valence-electron chi connectivity index (χ1n) is 5.83. The summed E-state index contributed by atoms with van der Waals surface area (Å²) in [6.07, 6.45) is 2.55. The Kier molecular flexibility index (Phi) is 2.61. The summed E-state index contributed by atoms with van der Waals surface area (Å²) in [5.41, 5.74) is 2.63.